The summed E-state index contributed by atoms with van der Waals surface area (Å²) < 4.78 is 0. The van der Waals surface area contributed by atoms with Gasteiger partial charge in [0.25, 0.3) is 0 Å². The van der Waals surface area contributed by atoms with E-state index >= 15 is 0 Å². The Bertz CT molecular complexity index is 398. The van der Waals surface area contributed by atoms with Crippen LogP contribution in [0.2, 0.25) is 5.15 Å². The van der Waals surface area contributed by atoms with Gasteiger partial charge in [-0.15, -0.1) is 0 Å². The number of hydrogen-bond donors (Lipinski definition) is 1. The van der Waals surface area contributed by atoms with Gasteiger partial charge in [-0.2, -0.15) is 0 Å². The smallest absolute Gasteiger partial charge is 0.147 e. The monoisotopic (exact) mass is 280 g/mol. The number of halogens is 1. The van der Waals surface area contributed by atoms with Gasteiger partial charge in [0, 0.05) is 25.2 Å². The van der Waals surface area contributed by atoms with Crippen LogP contribution in [0.4, 0.5) is 0 Å². The molecule has 1 atom stereocenters. The van der Waals surface area contributed by atoms with Gasteiger partial charge in [-0.3, -0.25) is 9.88 Å². The maximum absolute atomic E-state index is 5.78. The highest BCUT2D eigenvalue weighted by Gasteiger charge is 2.31. The quantitative estimate of drug-likeness (QED) is 0.898. The molecule has 0 aromatic carbocycles. The van der Waals surface area contributed by atoms with Crippen molar-refractivity contribution >= 4 is 11.6 Å². The highest BCUT2D eigenvalue weighted by atomic mass is 35.5. The third-order valence-electron chi connectivity index (χ3n) is 3.97. The molecule has 0 bridgehead atoms. The van der Waals surface area contributed by atoms with E-state index in [9.17, 15) is 0 Å². The lowest BCUT2D eigenvalue weighted by Gasteiger charge is -2.30. The summed E-state index contributed by atoms with van der Waals surface area (Å²) in [7, 11) is 0. The molecule has 0 spiro atoms. The van der Waals surface area contributed by atoms with Crippen molar-refractivity contribution in [2.24, 2.45) is 0 Å². The minimum atomic E-state index is 0.468. The lowest BCUT2D eigenvalue weighted by Crippen LogP contribution is -2.44. The Hall–Kier alpha value is -0.710. The molecule has 1 saturated heterocycles. The predicted molar refractivity (Wildman–Crippen MR) is 76.1 cm³/mol. The van der Waals surface area contributed by atoms with Crippen molar-refractivity contribution < 1.29 is 0 Å². The number of nitrogens with zero attached hydrogens (tertiary/aromatic N) is 3. The van der Waals surface area contributed by atoms with Crippen molar-refractivity contribution in [3.8, 4) is 0 Å². The first-order chi connectivity index (χ1) is 9.31. The summed E-state index contributed by atoms with van der Waals surface area (Å²) in [5.41, 5.74) is 1.02. The summed E-state index contributed by atoms with van der Waals surface area (Å²) in [4.78, 5) is 11.0. The second kappa shape index (κ2) is 6.16. The Kier molecular flexibility index (Phi) is 4.31. The van der Waals surface area contributed by atoms with E-state index in [4.69, 9.17) is 11.6 Å². The first kappa shape index (κ1) is 13.3. The summed E-state index contributed by atoms with van der Waals surface area (Å²) in [6.07, 6.45) is 10.1. The SMILES string of the molecule is Clc1cnc(CN(CC2CCCCN2)C2CC2)cn1. The second-order valence-corrected chi connectivity index (χ2v) is 6.03. The number of nitrogens with one attached hydrogen (secondary N) is 1. The summed E-state index contributed by atoms with van der Waals surface area (Å²) in [6, 6.07) is 1.40. The first-order valence-corrected chi connectivity index (χ1v) is 7.63. The van der Waals surface area contributed by atoms with Gasteiger partial charge < -0.3 is 5.32 Å². The topological polar surface area (TPSA) is 41.1 Å². The predicted octanol–water partition coefficient (Wildman–Crippen LogP) is 2.24. The first-order valence-electron chi connectivity index (χ1n) is 7.25. The summed E-state index contributed by atoms with van der Waals surface area (Å²) in [5.74, 6) is 0. The molecule has 4 nitrogen and oxygen atoms in total. The number of rotatable bonds is 5. The minimum Gasteiger partial charge on any atom is -0.313 e. The van der Waals surface area contributed by atoms with Crippen molar-refractivity contribution in [1.29, 1.82) is 0 Å². The second-order valence-electron chi connectivity index (χ2n) is 5.64. The zero-order valence-corrected chi connectivity index (χ0v) is 11.9. The van der Waals surface area contributed by atoms with E-state index in [1.54, 1.807) is 12.4 Å². The van der Waals surface area contributed by atoms with Gasteiger partial charge in [0.1, 0.15) is 5.15 Å². The lowest BCUT2D eigenvalue weighted by atomic mass is 10.0. The molecule has 1 N–H and O–H groups in total. The molecule has 1 aromatic rings. The molecule has 1 aliphatic carbocycles. The molecule has 1 unspecified atom stereocenters. The van der Waals surface area contributed by atoms with Gasteiger partial charge in [0.2, 0.25) is 0 Å². The van der Waals surface area contributed by atoms with Gasteiger partial charge in [0.05, 0.1) is 18.1 Å². The van der Waals surface area contributed by atoms with Crippen LogP contribution >= 0.6 is 11.6 Å². The molecular formula is C14H21ClN4. The Balaban J connectivity index is 1.59. The molecule has 0 amide bonds. The standard InChI is InChI=1S/C14H21ClN4/c15-14-8-17-12(7-18-14)10-19(13-4-5-13)9-11-3-1-2-6-16-11/h7-8,11,13,16H,1-6,9-10H2. The van der Waals surface area contributed by atoms with Gasteiger partial charge in [-0.1, -0.05) is 18.0 Å². The van der Waals surface area contributed by atoms with Crippen LogP contribution in [0.15, 0.2) is 12.4 Å². The third kappa shape index (κ3) is 3.88. The molecule has 0 radical (unpaired) electrons. The van der Waals surface area contributed by atoms with Gasteiger partial charge in [-0.05, 0) is 32.2 Å². The van der Waals surface area contributed by atoms with Crippen molar-refractivity contribution in [2.75, 3.05) is 13.1 Å². The Morgan fingerprint density at radius 3 is 2.74 bits per heavy atom. The summed E-state index contributed by atoms with van der Waals surface area (Å²) in [5, 5.41) is 4.10. The minimum absolute atomic E-state index is 0.468. The molecule has 1 aliphatic heterocycles. The van der Waals surface area contributed by atoms with E-state index < -0.39 is 0 Å². The van der Waals surface area contributed by atoms with Crippen LogP contribution in [0.25, 0.3) is 0 Å². The van der Waals surface area contributed by atoms with E-state index in [0.717, 1.165) is 24.8 Å². The van der Waals surface area contributed by atoms with E-state index in [-0.39, 0.29) is 0 Å². The van der Waals surface area contributed by atoms with Gasteiger partial charge in [-0.25, -0.2) is 4.98 Å². The van der Waals surface area contributed by atoms with Crippen molar-refractivity contribution in [3.05, 3.63) is 23.2 Å². The Morgan fingerprint density at radius 1 is 1.21 bits per heavy atom. The molecule has 19 heavy (non-hydrogen) atoms. The molecule has 3 rings (SSSR count). The summed E-state index contributed by atoms with van der Waals surface area (Å²) >= 11 is 5.78. The van der Waals surface area contributed by atoms with Crippen LogP contribution in [-0.4, -0.2) is 40.0 Å². The van der Waals surface area contributed by atoms with Crippen molar-refractivity contribution in [3.63, 3.8) is 0 Å². The normalized spacial score (nSPS) is 23.8. The molecule has 2 heterocycles. The highest BCUT2D eigenvalue weighted by molar-refractivity contribution is 6.29. The maximum atomic E-state index is 5.78. The average molecular weight is 281 g/mol. The molecule has 1 aromatic heterocycles. The number of aromatic nitrogens is 2. The van der Waals surface area contributed by atoms with E-state index in [1.165, 1.54) is 38.6 Å². The van der Waals surface area contributed by atoms with Crippen LogP contribution in [0.5, 0.6) is 0 Å². The maximum Gasteiger partial charge on any atom is 0.147 e. The fourth-order valence-corrected chi connectivity index (χ4v) is 2.87. The van der Waals surface area contributed by atoms with E-state index in [1.807, 2.05) is 0 Å². The fraction of sp³-hybridized carbons (Fsp3) is 0.714. The Labute approximate surface area is 119 Å². The lowest BCUT2D eigenvalue weighted by molar-refractivity contribution is 0.206. The van der Waals surface area contributed by atoms with Crippen molar-refractivity contribution in [2.45, 2.75) is 50.7 Å². The zero-order chi connectivity index (χ0) is 13.1. The fourth-order valence-electron chi connectivity index (χ4n) is 2.77. The molecule has 5 heteroatoms. The third-order valence-corrected chi connectivity index (χ3v) is 4.16. The van der Waals surface area contributed by atoms with Gasteiger partial charge in [0.15, 0.2) is 0 Å². The van der Waals surface area contributed by atoms with Crippen LogP contribution in [0, 0.1) is 0 Å². The molecule has 2 fully saturated rings. The number of hydrogen-bond acceptors (Lipinski definition) is 4. The van der Waals surface area contributed by atoms with Crippen LogP contribution in [0.1, 0.15) is 37.8 Å². The van der Waals surface area contributed by atoms with Crippen LogP contribution in [0.3, 0.4) is 0 Å². The zero-order valence-electron chi connectivity index (χ0n) is 11.2. The Morgan fingerprint density at radius 2 is 2.11 bits per heavy atom. The highest BCUT2D eigenvalue weighted by Crippen LogP contribution is 2.28. The number of piperidine rings is 1. The van der Waals surface area contributed by atoms with Gasteiger partial charge >= 0.3 is 0 Å². The molecule has 1 saturated carbocycles. The van der Waals surface area contributed by atoms with Crippen LogP contribution < -0.4 is 5.32 Å². The molecule has 104 valence electrons. The largest absolute Gasteiger partial charge is 0.313 e. The molecule has 2 aliphatic rings. The molecular weight excluding hydrogens is 260 g/mol. The van der Waals surface area contributed by atoms with E-state index in [2.05, 4.69) is 20.2 Å². The van der Waals surface area contributed by atoms with Crippen molar-refractivity contribution in [1.82, 2.24) is 20.2 Å². The van der Waals surface area contributed by atoms with Crippen LogP contribution in [-0.2, 0) is 6.54 Å². The van der Waals surface area contributed by atoms with E-state index in [0.29, 0.717) is 11.2 Å². The average Bonchev–Trinajstić information content (AvgIpc) is 3.26. The summed E-state index contributed by atoms with van der Waals surface area (Å²) in [6.45, 7) is 3.20.